The number of benzene rings is 2. The third kappa shape index (κ3) is 4.66. The van der Waals surface area contributed by atoms with Crippen LogP contribution >= 0.6 is 0 Å². The molecule has 4 aromatic rings. The third-order valence-electron chi connectivity index (χ3n) is 5.74. The molecule has 0 aliphatic carbocycles. The van der Waals surface area contributed by atoms with E-state index in [2.05, 4.69) is 15.1 Å². The van der Waals surface area contributed by atoms with Gasteiger partial charge in [-0.2, -0.15) is 18.3 Å². The summed E-state index contributed by atoms with van der Waals surface area (Å²) in [6, 6.07) is 9.83. The van der Waals surface area contributed by atoms with E-state index in [0.717, 1.165) is 23.5 Å². The molecule has 0 bridgehead atoms. The Hall–Kier alpha value is -3.66. The smallest absolute Gasteiger partial charge is 0.416 e. The average molecular weight is 486 g/mol. The fourth-order valence-electron chi connectivity index (χ4n) is 3.85. The number of methoxy groups -OCH3 is 1. The highest BCUT2D eigenvalue weighted by molar-refractivity contribution is 5.63. The molecule has 0 radical (unpaired) electrons. The van der Waals surface area contributed by atoms with E-state index in [1.165, 1.54) is 23.7 Å². The van der Waals surface area contributed by atoms with Crippen LogP contribution in [0.2, 0.25) is 0 Å². The Bertz CT molecular complexity index is 1360. The standard InChI is InChI=1S/C25H26F3N5O2/c1-15(2)33-23(24(4,34)18-7-6-8-19(12-18)25(26,27)28)30-22(31-33)17-9-10-20(21(11-17)35-5)32-13-16(3)29-14-32/h6-15,34H,1-5H3. The van der Waals surface area contributed by atoms with Crippen molar-refractivity contribution in [2.75, 3.05) is 7.11 Å². The Balaban J connectivity index is 1.80. The molecule has 1 atom stereocenters. The molecular weight excluding hydrogens is 459 g/mol. The van der Waals surface area contributed by atoms with Crippen molar-refractivity contribution in [3.63, 3.8) is 0 Å². The van der Waals surface area contributed by atoms with Gasteiger partial charge in [-0.15, -0.1) is 0 Å². The molecule has 2 aromatic heterocycles. The average Bonchev–Trinajstić information content (AvgIpc) is 3.45. The van der Waals surface area contributed by atoms with Gasteiger partial charge in [0.15, 0.2) is 11.6 Å². The van der Waals surface area contributed by atoms with Crippen LogP contribution in [0.25, 0.3) is 17.1 Å². The van der Waals surface area contributed by atoms with Gasteiger partial charge in [0.25, 0.3) is 0 Å². The van der Waals surface area contributed by atoms with Crippen molar-refractivity contribution in [1.82, 2.24) is 24.3 Å². The second kappa shape index (κ2) is 8.84. The number of aryl methyl sites for hydroxylation is 1. The van der Waals surface area contributed by atoms with Crippen LogP contribution in [0, 0.1) is 6.92 Å². The molecular formula is C25H26F3N5O2. The number of alkyl halides is 3. The highest BCUT2D eigenvalue weighted by Gasteiger charge is 2.37. The van der Waals surface area contributed by atoms with Crippen molar-refractivity contribution < 1.29 is 23.0 Å². The fourth-order valence-corrected chi connectivity index (χ4v) is 3.85. The van der Waals surface area contributed by atoms with Gasteiger partial charge in [0.05, 0.1) is 30.4 Å². The Morgan fingerprint density at radius 3 is 2.37 bits per heavy atom. The number of halogens is 3. The Morgan fingerprint density at radius 1 is 1.06 bits per heavy atom. The van der Waals surface area contributed by atoms with E-state index in [1.807, 2.05) is 43.7 Å². The molecule has 0 fully saturated rings. The molecule has 1 N–H and O–H groups in total. The minimum Gasteiger partial charge on any atom is -0.495 e. The molecule has 35 heavy (non-hydrogen) atoms. The van der Waals surface area contributed by atoms with E-state index in [9.17, 15) is 18.3 Å². The third-order valence-corrected chi connectivity index (χ3v) is 5.74. The van der Waals surface area contributed by atoms with Crippen LogP contribution in [-0.2, 0) is 11.8 Å². The molecule has 4 rings (SSSR count). The van der Waals surface area contributed by atoms with E-state index in [0.29, 0.717) is 17.1 Å². The van der Waals surface area contributed by atoms with E-state index in [1.54, 1.807) is 19.5 Å². The number of hydrogen-bond donors (Lipinski definition) is 1. The quantitative estimate of drug-likeness (QED) is 0.401. The highest BCUT2D eigenvalue weighted by atomic mass is 19.4. The van der Waals surface area contributed by atoms with Gasteiger partial charge in [0, 0.05) is 17.8 Å². The minimum atomic E-state index is -4.53. The fraction of sp³-hybridized carbons (Fsp3) is 0.320. The summed E-state index contributed by atoms with van der Waals surface area (Å²) in [6.45, 7) is 7.02. The van der Waals surface area contributed by atoms with Gasteiger partial charge in [-0.1, -0.05) is 12.1 Å². The maximum atomic E-state index is 13.3. The van der Waals surface area contributed by atoms with Crippen LogP contribution in [0.5, 0.6) is 5.75 Å². The number of imidazole rings is 1. The van der Waals surface area contributed by atoms with Crippen molar-refractivity contribution in [1.29, 1.82) is 0 Å². The summed E-state index contributed by atoms with van der Waals surface area (Å²) in [4.78, 5) is 8.81. The lowest BCUT2D eigenvalue weighted by atomic mass is 9.93. The molecule has 10 heteroatoms. The van der Waals surface area contributed by atoms with E-state index in [-0.39, 0.29) is 17.4 Å². The normalized spacial score (nSPS) is 13.8. The molecule has 2 heterocycles. The molecule has 7 nitrogen and oxygen atoms in total. The van der Waals surface area contributed by atoms with E-state index in [4.69, 9.17) is 4.74 Å². The van der Waals surface area contributed by atoms with Gasteiger partial charge in [0.1, 0.15) is 11.4 Å². The molecule has 0 spiro atoms. The van der Waals surface area contributed by atoms with Crippen molar-refractivity contribution >= 4 is 0 Å². The number of ether oxygens (including phenoxy) is 1. The van der Waals surface area contributed by atoms with Crippen molar-refractivity contribution in [2.45, 2.75) is 45.5 Å². The number of rotatable bonds is 6. The van der Waals surface area contributed by atoms with Crippen molar-refractivity contribution in [3.8, 4) is 22.8 Å². The van der Waals surface area contributed by atoms with Crippen molar-refractivity contribution in [3.05, 3.63) is 77.6 Å². The monoisotopic (exact) mass is 485 g/mol. The minimum absolute atomic E-state index is 0.0663. The molecule has 2 aromatic carbocycles. The van der Waals surface area contributed by atoms with Crippen LogP contribution in [-0.4, -0.2) is 36.5 Å². The van der Waals surface area contributed by atoms with Gasteiger partial charge in [-0.3, -0.25) is 0 Å². The number of aliphatic hydroxyl groups is 1. The number of nitrogens with zero attached hydrogens (tertiary/aromatic N) is 5. The van der Waals surface area contributed by atoms with Gasteiger partial charge >= 0.3 is 6.18 Å². The van der Waals surface area contributed by atoms with Crippen LogP contribution in [0.1, 0.15) is 49.5 Å². The zero-order chi connectivity index (χ0) is 25.5. The second-order valence-corrected chi connectivity index (χ2v) is 8.76. The van der Waals surface area contributed by atoms with Gasteiger partial charge in [-0.05, 0) is 63.6 Å². The highest BCUT2D eigenvalue weighted by Crippen LogP contribution is 2.36. The summed E-state index contributed by atoms with van der Waals surface area (Å²) in [5.74, 6) is 1.01. The van der Waals surface area contributed by atoms with Gasteiger partial charge in [0.2, 0.25) is 0 Å². The first-order valence-electron chi connectivity index (χ1n) is 11.0. The molecule has 184 valence electrons. The zero-order valence-electron chi connectivity index (χ0n) is 20.0. The molecule has 0 saturated carbocycles. The van der Waals surface area contributed by atoms with Gasteiger partial charge < -0.3 is 14.4 Å². The summed E-state index contributed by atoms with van der Waals surface area (Å²) >= 11 is 0. The Labute approximate surface area is 200 Å². The summed E-state index contributed by atoms with van der Waals surface area (Å²) < 4.78 is 48.8. The first-order valence-corrected chi connectivity index (χ1v) is 11.0. The molecule has 0 aliphatic rings. The maximum Gasteiger partial charge on any atom is 0.416 e. The van der Waals surface area contributed by atoms with E-state index < -0.39 is 17.3 Å². The van der Waals surface area contributed by atoms with Crippen LogP contribution < -0.4 is 4.74 Å². The Kier molecular flexibility index (Phi) is 6.18. The molecule has 0 saturated heterocycles. The SMILES string of the molecule is COc1cc(-c2nc(C(C)(O)c3cccc(C(F)(F)F)c3)n(C(C)C)n2)ccc1-n1cnc(C)c1. The number of hydrogen-bond acceptors (Lipinski definition) is 5. The zero-order valence-corrected chi connectivity index (χ0v) is 20.0. The second-order valence-electron chi connectivity index (χ2n) is 8.76. The summed E-state index contributed by atoms with van der Waals surface area (Å²) in [5, 5.41) is 16.0. The first-order chi connectivity index (χ1) is 16.4. The predicted molar refractivity (Wildman–Crippen MR) is 124 cm³/mol. The van der Waals surface area contributed by atoms with Crippen molar-refractivity contribution in [2.24, 2.45) is 0 Å². The lowest BCUT2D eigenvalue weighted by Gasteiger charge is -2.25. The summed E-state index contributed by atoms with van der Waals surface area (Å²) in [5.41, 5.74) is -0.346. The molecule has 1 unspecified atom stereocenters. The predicted octanol–water partition coefficient (Wildman–Crippen LogP) is 5.30. The Morgan fingerprint density at radius 2 is 1.77 bits per heavy atom. The lowest BCUT2D eigenvalue weighted by Crippen LogP contribution is -2.29. The first kappa shape index (κ1) is 24.5. The van der Waals surface area contributed by atoms with E-state index >= 15 is 0 Å². The van der Waals surface area contributed by atoms with Crippen LogP contribution in [0.3, 0.4) is 0 Å². The maximum absolute atomic E-state index is 13.3. The molecule has 0 amide bonds. The van der Waals surface area contributed by atoms with Gasteiger partial charge in [-0.25, -0.2) is 14.6 Å². The lowest BCUT2D eigenvalue weighted by molar-refractivity contribution is -0.137. The topological polar surface area (TPSA) is 78.0 Å². The summed E-state index contributed by atoms with van der Waals surface area (Å²) in [7, 11) is 1.55. The summed E-state index contributed by atoms with van der Waals surface area (Å²) in [6.07, 6.45) is -0.981. The largest absolute Gasteiger partial charge is 0.495 e. The van der Waals surface area contributed by atoms with Crippen LogP contribution in [0.4, 0.5) is 13.2 Å². The molecule has 0 aliphatic heterocycles. The van der Waals surface area contributed by atoms with Crippen LogP contribution in [0.15, 0.2) is 55.0 Å². The number of aromatic nitrogens is 5.